The summed E-state index contributed by atoms with van der Waals surface area (Å²) < 4.78 is 13.2. The van der Waals surface area contributed by atoms with Crippen LogP contribution in [0.2, 0.25) is 0 Å². The van der Waals surface area contributed by atoms with Crippen molar-refractivity contribution in [3.63, 3.8) is 0 Å². The van der Waals surface area contributed by atoms with Gasteiger partial charge in [0.2, 0.25) is 0 Å². The van der Waals surface area contributed by atoms with Crippen LogP contribution in [0.3, 0.4) is 0 Å². The predicted molar refractivity (Wildman–Crippen MR) is 50.4 cm³/mol. The summed E-state index contributed by atoms with van der Waals surface area (Å²) in [5.41, 5.74) is 0.963. The molecule has 0 radical (unpaired) electrons. The van der Waals surface area contributed by atoms with Crippen LogP contribution >= 0.6 is 0 Å². The molecule has 1 fully saturated rings. The van der Waals surface area contributed by atoms with Gasteiger partial charge in [-0.3, -0.25) is 4.98 Å². The second-order valence-corrected chi connectivity index (χ2v) is 3.43. The van der Waals surface area contributed by atoms with Crippen LogP contribution in [0.4, 0.5) is 10.1 Å². The zero-order valence-electron chi connectivity index (χ0n) is 7.41. The van der Waals surface area contributed by atoms with Crippen molar-refractivity contribution < 1.29 is 4.39 Å². The van der Waals surface area contributed by atoms with Gasteiger partial charge in [-0.2, -0.15) is 0 Å². The maximum atomic E-state index is 13.2. The molecule has 0 aromatic carbocycles. The number of rotatable bonds is 2. The quantitative estimate of drug-likeness (QED) is 0.755. The van der Waals surface area contributed by atoms with Gasteiger partial charge < -0.3 is 5.32 Å². The summed E-state index contributed by atoms with van der Waals surface area (Å²) >= 11 is 0. The van der Waals surface area contributed by atoms with E-state index >= 15 is 0 Å². The molecule has 13 heavy (non-hydrogen) atoms. The second kappa shape index (κ2) is 3.73. The van der Waals surface area contributed by atoms with Gasteiger partial charge in [0.1, 0.15) is 6.17 Å². The average molecular weight is 180 g/mol. The van der Waals surface area contributed by atoms with E-state index in [2.05, 4.69) is 10.3 Å². The molecule has 1 aromatic rings. The van der Waals surface area contributed by atoms with E-state index in [1.807, 2.05) is 12.1 Å². The van der Waals surface area contributed by atoms with Crippen LogP contribution in [0.5, 0.6) is 0 Å². The molecular weight excluding hydrogens is 167 g/mol. The molecular formula is C10H13FN2. The van der Waals surface area contributed by atoms with Gasteiger partial charge in [-0.25, -0.2) is 4.39 Å². The van der Waals surface area contributed by atoms with Crippen molar-refractivity contribution in [3.05, 3.63) is 24.5 Å². The normalized spacial score (nSPS) is 27.5. The molecule has 1 saturated carbocycles. The number of hydrogen-bond acceptors (Lipinski definition) is 2. The first-order valence-corrected chi connectivity index (χ1v) is 4.67. The Morgan fingerprint density at radius 2 is 2.08 bits per heavy atom. The first kappa shape index (κ1) is 8.48. The van der Waals surface area contributed by atoms with Crippen molar-refractivity contribution in [1.82, 2.24) is 4.98 Å². The van der Waals surface area contributed by atoms with Gasteiger partial charge >= 0.3 is 0 Å². The molecule has 3 heteroatoms. The lowest BCUT2D eigenvalue weighted by Crippen LogP contribution is -2.24. The summed E-state index contributed by atoms with van der Waals surface area (Å²) in [7, 11) is 0. The lowest BCUT2D eigenvalue weighted by Gasteiger charge is -2.15. The largest absolute Gasteiger partial charge is 0.379 e. The van der Waals surface area contributed by atoms with Crippen molar-refractivity contribution in [1.29, 1.82) is 0 Å². The third-order valence-corrected chi connectivity index (χ3v) is 2.46. The Morgan fingerprint density at radius 3 is 2.69 bits per heavy atom. The number of aromatic nitrogens is 1. The topological polar surface area (TPSA) is 24.9 Å². The fourth-order valence-corrected chi connectivity index (χ4v) is 1.74. The van der Waals surface area contributed by atoms with Crippen molar-refractivity contribution in [2.75, 3.05) is 5.32 Å². The van der Waals surface area contributed by atoms with Gasteiger partial charge in [0.05, 0.1) is 6.04 Å². The maximum absolute atomic E-state index is 13.2. The predicted octanol–water partition coefficient (Wildman–Crippen LogP) is 2.38. The smallest absolute Gasteiger partial charge is 0.120 e. The number of anilines is 1. The summed E-state index contributed by atoms with van der Waals surface area (Å²) in [5, 5.41) is 3.18. The molecule has 1 N–H and O–H groups in total. The monoisotopic (exact) mass is 180 g/mol. The molecule has 2 atom stereocenters. The number of pyridine rings is 1. The molecule has 0 spiro atoms. The molecule has 0 aliphatic heterocycles. The molecule has 2 nitrogen and oxygen atoms in total. The van der Waals surface area contributed by atoms with E-state index in [1.54, 1.807) is 12.4 Å². The van der Waals surface area contributed by atoms with Crippen molar-refractivity contribution >= 4 is 5.69 Å². The minimum absolute atomic E-state index is 0.00222. The number of hydrogen-bond donors (Lipinski definition) is 1. The Kier molecular flexibility index (Phi) is 2.43. The summed E-state index contributed by atoms with van der Waals surface area (Å²) in [6, 6.07) is 3.73. The van der Waals surface area contributed by atoms with Crippen molar-refractivity contribution in [2.24, 2.45) is 0 Å². The van der Waals surface area contributed by atoms with Gasteiger partial charge in [0.25, 0.3) is 0 Å². The first-order valence-electron chi connectivity index (χ1n) is 4.67. The lowest BCUT2D eigenvalue weighted by molar-refractivity contribution is 0.323. The van der Waals surface area contributed by atoms with E-state index in [0.717, 1.165) is 18.5 Å². The average Bonchev–Trinajstić information content (AvgIpc) is 2.54. The van der Waals surface area contributed by atoms with Crippen molar-refractivity contribution in [2.45, 2.75) is 31.5 Å². The Bertz CT molecular complexity index is 263. The van der Waals surface area contributed by atoms with Crippen molar-refractivity contribution in [3.8, 4) is 0 Å². The van der Waals surface area contributed by atoms with Gasteiger partial charge in [0, 0.05) is 18.1 Å². The summed E-state index contributed by atoms with van der Waals surface area (Å²) in [4.78, 5) is 3.91. The molecule has 1 heterocycles. The molecule has 1 aromatic heterocycles. The molecule has 0 bridgehead atoms. The Labute approximate surface area is 77.2 Å². The van der Waals surface area contributed by atoms with E-state index in [1.165, 1.54) is 0 Å². The fourth-order valence-electron chi connectivity index (χ4n) is 1.74. The molecule has 2 rings (SSSR count). The van der Waals surface area contributed by atoms with E-state index in [-0.39, 0.29) is 6.04 Å². The zero-order valence-corrected chi connectivity index (χ0v) is 7.41. The standard InChI is InChI=1S/C10H13FN2/c11-9-2-1-3-10(9)13-8-4-6-12-7-5-8/h4-7,9-10H,1-3H2,(H,12,13). The minimum atomic E-state index is -0.687. The summed E-state index contributed by atoms with van der Waals surface area (Å²) in [6.07, 6.45) is 5.36. The highest BCUT2D eigenvalue weighted by Crippen LogP contribution is 2.24. The summed E-state index contributed by atoms with van der Waals surface area (Å²) in [6.45, 7) is 0. The molecule has 70 valence electrons. The van der Waals surface area contributed by atoms with Crippen LogP contribution in [0.1, 0.15) is 19.3 Å². The molecule has 1 aliphatic rings. The third-order valence-electron chi connectivity index (χ3n) is 2.46. The van der Waals surface area contributed by atoms with Crippen LogP contribution in [-0.2, 0) is 0 Å². The number of nitrogens with one attached hydrogen (secondary N) is 1. The molecule has 1 aliphatic carbocycles. The van der Waals surface area contributed by atoms with Crippen LogP contribution in [0, 0.1) is 0 Å². The number of nitrogens with zero attached hydrogens (tertiary/aromatic N) is 1. The van der Waals surface area contributed by atoms with E-state index in [4.69, 9.17) is 0 Å². The molecule has 2 unspecified atom stereocenters. The highest BCUT2D eigenvalue weighted by Gasteiger charge is 2.26. The zero-order chi connectivity index (χ0) is 9.10. The van der Waals surface area contributed by atoms with Gasteiger partial charge in [0.15, 0.2) is 0 Å². The summed E-state index contributed by atoms with van der Waals surface area (Å²) in [5.74, 6) is 0. The van der Waals surface area contributed by atoms with E-state index in [0.29, 0.717) is 6.42 Å². The fraction of sp³-hybridized carbons (Fsp3) is 0.500. The highest BCUT2D eigenvalue weighted by molar-refractivity contribution is 5.42. The molecule has 0 amide bonds. The first-order chi connectivity index (χ1) is 6.36. The van der Waals surface area contributed by atoms with Crippen LogP contribution in [0.25, 0.3) is 0 Å². The highest BCUT2D eigenvalue weighted by atomic mass is 19.1. The minimum Gasteiger partial charge on any atom is -0.379 e. The van der Waals surface area contributed by atoms with Gasteiger partial charge in [-0.05, 0) is 31.4 Å². The van der Waals surface area contributed by atoms with E-state index in [9.17, 15) is 4.39 Å². The SMILES string of the molecule is FC1CCCC1Nc1ccncc1. The van der Waals surface area contributed by atoms with Gasteiger partial charge in [-0.1, -0.05) is 0 Å². The second-order valence-electron chi connectivity index (χ2n) is 3.43. The Morgan fingerprint density at radius 1 is 1.31 bits per heavy atom. The molecule has 0 saturated heterocycles. The third kappa shape index (κ3) is 1.97. The number of alkyl halides is 1. The number of halogens is 1. The Hall–Kier alpha value is -1.12. The lowest BCUT2D eigenvalue weighted by atomic mass is 10.2. The van der Waals surface area contributed by atoms with E-state index < -0.39 is 6.17 Å². The Balaban J connectivity index is 1.98. The van der Waals surface area contributed by atoms with Crippen LogP contribution in [0.15, 0.2) is 24.5 Å². The van der Waals surface area contributed by atoms with Gasteiger partial charge in [-0.15, -0.1) is 0 Å². The maximum Gasteiger partial charge on any atom is 0.120 e. The van der Waals surface area contributed by atoms with Crippen LogP contribution < -0.4 is 5.32 Å². The van der Waals surface area contributed by atoms with Crippen LogP contribution in [-0.4, -0.2) is 17.2 Å².